The predicted molar refractivity (Wildman–Crippen MR) is 101 cm³/mol. The second kappa shape index (κ2) is 6.68. The largest absolute Gasteiger partial charge is 0.334 e. The lowest BCUT2D eigenvalue weighted by atomic mass is 10.1. The number of hydrogen-bond acceptors (Lipinski definition) is 6. The molecule has 0 aliphatic rings. The fourth-order valence-corrected chi connectivity index (χ4v) is 3.69. The number of aromatic nitrogens is 3. The van der Waals surface area contributed by atoms with Gasteiger partial charge in [0.2, 0.25) is 0 Å². The zero-order valence-corrected chi connectivity index (χ0v) is 15.2. The molecule has 0 saturated heterocycles. The van der Waals surface area contributed by atoms with E-state index in [2.05, 4.69) is 15.1 Å². The number of para-hydroxylation sites is 1. The number of amides is 1. The van der Waals surface area contributed by atoms with E-state index in [1.54, 1.807) is 24.0 Å². The normalized spacial score (nSPS) is 11.0. The van der Waals surface area contributed by atoms with Gasteiger partial charge < -0.3 is 4.52 Å². The summed E-state index contributed by atoms with van der Waals surface area (Å²) in [5.74, 6) is 0.938. The topological polar surface area (TPSA) is 72.1 Å². The van der Waals surface area contributed by atoms with Crippen LogP contribution >= 0.6 is 11.3 Å². The fourth-order valence-electron chi connectivity index (χ4n) is 2.67. The van der Waals surface area contributed by atoms with Crippen LogP contribution in [0.25, 0.3) is 21.7 Å². The van der Waals surface area contributed by atoms with Gasteiger partial charge in [0.15, 0.2) is 11.0 Å². The van der Waals surface area contributed by atoms with Gasteiger partial charge >= 0.3 is 0 Å². The number of nitrogens with zero attached hydrogens (tertiary/aromatic N) is 4. The summed E-state index contributed by atoms with van der Waals surface area (Å²) in [5.41, 5.74) is 2.28. The van der Waals surface area contributed by atoms with Gasteiger partial charge in [-0.25, -0.2) is 4.98 Å². The Labute approximate surface area is 154 Å². The van der Waals surface area contributed by atoms with E-state index in [4.69, 9.17) is 4.52 Å². The maximum atomic E-state index is 12.9. The fraction of sp³-hybridized carbons (Fsp3) is 0.158. The van der Waals surface area contributed by atoms with Crippen molar-refractivity contribution in [2.45, 2.75) is 13.8 Å². The first-order valence-corrected chi connectivity index (χ1v) is 9.05. The molecule has 6 nitrogen and oxygen atoms in total. The Morgan fingerprint density at radius 1 is 1.12 bits per heavy atom. The average molecular weight is 364 g/mol. The Morgan fingerprint density at radius 3 is 2.54 bits per heavy atom. The first-order valence-electron chi connectivity index (χ1n) is 8.24. The molecule has 2 aromatic heterocycles. The van der Waals surface area contributed by atoms with Gasteiger partial charge in [-0.3, -0.25) is 9.69 Å². The highest BCUT2D eigenvalue weighted by molar-refractivity contribution is 7.22. The molecule has 0 fully saturated rings. The van der Waals surface area contributed by atoms with Crippen LogP contribution in [-0.4, -0.2) is 27.6 Å². The Morgan fingerprint density at radius 2 is 1.88 bits per heavy atom. The third kappa shape index (κ3) is 2.97. The van der Waals surface area contributed by atoms with Gasteiger partial charge in [-0.1, -0.05) is 28.6 Å². The highest BCUT2D eigenvalue weighted by Crippen LogP contribution is 2.29. The molecule has 0 unspecified atom stereocenters. The van der Waals surface area contributed by atoms with Crippen LogP contribution in [-0.2, 0) is 0 Å². The van der Waals surface area contributed by atoms with Crippen LogP contribution in [0, 0.1) is 6.92 Å². The summed E-state index contributed by atoms with van der Waals surface area (Å²) in [5, 5.41) is 4.49. The molecule has 130 valence electrons. The smallest absolute Gasteiger partial charge is 0.260 e. The SMILES string of the molecule is CCN(C(=O)c1ccc(-c2nc(C)no2)cc1)c1nc2ccccc2s1. The molecule has 1 amide bonds. The van der Waals surface area contributed by atoms with Crippen molar-refractivity contribution in [3.63, 3.8) is 0 Å². The zero-order chi connectivity index (χ0) is 18.1. The monoisotopic (exact) mass is 364 g/mol. The number of thiazole rings is 1. The van der Waals surface area contributed by atoms with Crippen LogP contribution in [0.2, 0.25) is 0 Å². The van der Waals surface area contributed by atoms with Crippen LogP contribution in [0.4, 0.5) is 5.13 Å². The van der Waals surface area contributed by atoms with Crippen LogP contribution < -0.4 is 4.90 Å². The Bertz CT molecular complexity index is 1040. The minimum absolute atomic E-state index is 0.0835. The molecule has 0 saturated carbocycles. The number of aryl methyl sites for hydroxylation is 1. The summed E-state index contributed by atoms with van der Waals surface area (Å²) in [7, 11) is 0. The lowest BCUT2D eigenvalue weighted by molar-refractivity contribution is 0.0988. The Kier molecular flexibility index (Phi) is 4.22. The lowest BCUT2D eigenvalue weighted by Crippen LogP contribution is -2.30. The van der Waals surface area contributed by atoms with Crippen molar-refractivity contribution >= 4 is 32.6 Å². The van der Waals surface area contributed by atoms with Gasteiger partial charge in [-0.05, 0) is 50.2 Å². The summed E-state index contributed by atoms with van der Waals surface area (Å²) in [4.78, 5) is 23.4. The van der Waals surface area contributed by atoms with E-state index in [9.17, 15) is 4.79 Å². The first kappa shape index (κ1) is 16.4. The molecule has 4 aromatic rings. The standard InChI is InChI=1S/C19H16N4O2S/c1-3-23(19-21-15-6-4-5-7-16(15)26-19)18(24)14-10-8-13(9-11-14)17-20-12(2)22-25-17/h4-11H,3H2,1-2H3. The van der Waals surface area contributed by atoms with Crippen molar-refractivity contribution in [2.24, 2.45) is 0 Å². The second-order valence-electron chi connectivity index (χ2n) is 5.74. The van der Waals surface area contributed by atoms with E-state index >= 15 is 0 Å². The van der Waals surface area contributed by atoms with E-state index in [-0.39, 0.29) is 5.91 Å². The molecule has 0 spiro atoms. The van der Waals surface area contributed by atoms with Crippen molar-refractivity contribution in [2.75, 3.05) is 11.4 Å². The summed E-state index contributed by atoms with van der Waals surface area (Å²) >= 11 is 1.52. The molecule has 2 aromatic carbocycles. The van der Waals surface area contributed by atoms with Crippen LogP contribution in [0.15, 0.2) is 53.1 Å². The third-order valence-electron chi connectivity index (χ3n) is 3.98. The first-order chi connectivity index (χ1) is 12.7. The molecule has 0 atom stereocenters. The van der Waals surface area contributed by atoms with Crippen molar-refractivity contribution in [1.29, 1.82) is 0 Å². The minimum Gasteiger partial charge on any atom is -0.334 e. The van der Waals surface area contributed by atoms with Gasteiger partial charge in [0.25, 0.3) is 11.8 Å². The quantitative estimate of drug-likeness (QED) is 0.539. The molecule has 7 heteroatoms. The maximum absolute atomic E-state index is 12.9. The van der Waals surface area contributed by atoms with Crippen LogP contribution in [0.3, 0.4) is 0 Å². The number of carbonyl (C=O) groups excluding carboxylic acids is 1. The molecule has 0 bridgehead atoms. The highest BCUT2D eigenvalue weighted by Gasteiger charge is 2.20. The molecule has 0 radical (unpaired) electrons. The molecule has 0 N–H and O–H groups in total. The van der Waals surface area contributed by atoms with Crippen molar-refractivity contribution in [3.05, 3.63) is 59.9 Å². The van der Waals surface area contributed by atoms with Crippen molar-refractivity contribution in [1.82, 2.24) is 15.1 Å². The molecule has 0 aliphatic carbocycles. The summed E-state index contributed by atoms with van der Waals surface area (Å²) in [6.45, 7) is 4.25. The van der Waals surface area contributed by atoms with Crippen molar-refractivity contribution < 1.29 is 9.32 Å². The van der Waals surface area contributed by atoms with Crippen LogP contribution in [0.1, 0.15) is 23.1 Å². The summed E-state index contributed by atoms with van der Waals surface area (Å²) < 4.78 is 6.22. The molecule has 0 aliphatic heterocycles. The van der Waals surface area contributed by atoms with Crippen LogP contribution in [0.5, 0.6) is 0 Å². The predicted octanol–water partition coefficient (Wildman–Crippen LogP) is 4.32. The van der Waals surface area contributed by atoms with E-state index in [0.717, 1.165) is 15.8 Å². The third-order valence-corrected chi connectivity index (χ3v) is 5.04. The maximum Gasteiger partial charge on any atom is 0.260 e. The number of hydrogen-bond donors (Lipinski definition) is 0. The van der Waals surface area contributed by atoms with Gasteiger partial charge in [0.1, 0.15) is 0 Å². The number of rotatable bonds is 4. The molecular weight excluding hydrogens is 348 g/mol. The average Bonchev–Trinajstić information content (AvgIpc) is 3.28. The summed E-state index contributed by atoms with van der Waals surface area (Å²) in [6.07, 6.45) is 0. The Balaban J connectivity index is 1.62. The highest BCUT2D eigenvalue weighted by atomic mass is 32.1. The van der Waals surface area contributed by atoms with Gasteiger partial charge in [-0.15, -0.1) is 0 Å². The van der Waals surface area contributed by atoms with Gasteiger partial charge in [0.05, 0.1) is 10.2 Å². The van der Waals surface area contributed by atoms with E-state index < -0.39 is 0 Å². The van der Waals surface area contributed by atoms with Gasteiger partial charge in [-0.2, -0.15) is 4.98 Å². The molecule has 2 heterocycles. The lowest BCUT2D eigenvalue weighted by Gasteiger charge is -2.17. The number of benzene rings is 2. The number of anilines is 1. The molecule has 26 heavy (non-hydrogen) atoms. The van der Waals surface area contributed by atoms with E-state index in [1.807, 2.05) is 43.3 Å². The Hall–Kier alpha value is -3.06. The van der Waals surface area contributed by atoms with E-state index in [0.29, 0.717) is 29.0 Å². The summed E-state index contributed by atoms with van der Waals surface area (Å²) in [6, 6.07) is 15.0. The van der Waals surface area contributed by atoms with Crippen molar-refractivity contribution in [3.8, 4) is 11.5 Å². The minimum atomic E-state index is -0.0835. The van der Waals surface area contributed by atoms with Gasteiger partial charge in [0, 0.05) is 17.7 Å². The zero-order valence-electron chi connectivity index (χ0n) is 14.3. The second-order valence-corrected chi connectivity index (χ2v) is 6.75. The molecule has 4 rings (SSSR count). The van der Waals surface area contributed by atoms with E-state index in [1.165, 1.54) is 11.3 Å². The number of fused-ring (bicyclic) bond motifs is 1. The molecular formula is C19H16N4O2S. The number of carbonyl (C=O) groups is 1.